The number of ketones is 1. The highest BCUT2D eigenvalue weighted by molar-refractivity contribution is 6.11. The van der Waals surface area contributed by atoms with Gasteiger partial charge in [-0.3, -0.25) is 9.59 Å². The molecule has 0 radical (unpaired) electrons. The van der Waals surface area contributed by atoms with Crippen LogP contribution in [0.5, 0.6) is 11.5 Å². The van der Waals surface area contributed by atoms with Crippen molar-refractivity contribution in [2.24, 2.45) is 0 Å². The minimum atomic E-state index is -0.217. The topological polar surface area (TPSA) is 74.7 Å². The number of para-hydroxylation sites is 1. The van der Waals surface area contributed by atoms with Crippen LogP contribution < -0.4 is 9.47 Å². The monoisotopic (exact) mass is 431 g/mol. The van der Waals surface area contributed by atoms with E-state index in [0.717, 1.165) is 16.6 Å². The predicted octanol–water partition coefficient (Wildman–Crippen LogP) is 5.05. The molecule has 2 heterocycles. The molecule has 0 saturated carbocycles. The number of ether oxygens (including phenoxy) is 3. The molecule has 1 aliphatic rings. The van der Waals surface area contributed by atoms with Crippen LogP contribution in [0.2, 0.25) is 0 Å². The number of fused-ring (bicyclic) bond motifs is 2. The van der Waals surface area contributed by atoms with Crippen LogP contribution in [-0.4, -0.2) is 30.0 Å². The maximum Gasteiger partial charge on any atom is 0.305 e. The van der Waals surface area contributed by atoms with E-state index in [-0.39, 0.29) is 18.4 Å². The molecule has 1 aromatic heterocycles. The lowest BCUT2D eigenvalue weighted by molar-refractivity contribution is -0.143. The summed E-state index contributed by atoms with van der Waals surface area (Å²) >= 11 is 0. The molecule has 0 bridgehead atoms. The van der Waals surface area contributed by atoms with Gasteiger partial charge in [0, 0.05) is 17.4 Å². The lowest BCUT2D eigenvalue weighted by Gasteiger charge is -2.19. The number of Topliss-reactive ketones (excluding diaryl/α,β-unsaturated/α-hetero) is 1. The van der Waals surface area contributed by atoms with Gasteiger partial charge in [-0.2, -0.15) is 0 Å². The van der Waals surface area contributed by atoms with Crippen LogP contribution in [-0.2, 0) is 16.1 Å². The molecular formula is C26H25NO5. The number of nitrogens with zero attached hydrogens (tertiary/aromatic N) is 1. The molecule has 0 fully saturated rings. The number of allylic oxidation sites excluding steroid dienone is 1. The van der Waals surface area contributed by atoms with Crippen LogP contribution in [0.25, 0.3) is 10.9 Å². The van der Waals surface area contributed by atoms with Gasteiger partial charge in [0.15, 0.2) is 5.78 Å². The van der Waals surface area contributed by atoms with Gasteiger partial charge in [0.25, 0.3) is 0 Å². The molecule has 0 aliphatic carbocycles. The Labute approximate surface area is 186 Å². The Morgan fingerprint density at radius 1 is 1.16 bits per heavy atom. The van der Waals surface area contributed by atoms with Gasteiger partial charge < -0.3 is 14.2 Å². The number of benzene rings is 2. The zero-order chi connectivity index (χ0) is 22.3. The first-order chi connectivity index (χ1) is 15.6. The van der Waals surface area contributed by atoms with E-state index in [1.54, 1.807) is 25.1 Å². The first-order valence-corrected chi connectivity index (χ1v) is 10.8. The van der Waals surface area contributed by atoms with E-state index >= 15 is 0 Å². The first-order valence-electron chi connectivity index (χ1n) is 10.8. The van der Waals surface area contributed by atoms with Crippen molar-refractivity contribution in [3.63, 3.8) is 0 Å². The summed E-state index contributed by atoms with van der Waals surface area (Å²) in [6, 6.07) is 17.1. The van der Waals surface area contributed by atoms with Gasteiger partial charge in [0.05, 0.1) is 23.4 Å². The predicted molar refractivity (Wildman–Crippen MR) is 121 cm³/mol. The van der Waals surface area contributed by atoms with Crippen molar-refractivity contribution in [3.05, 3.63) is 77.5 Å². The second-order valence-electron chi connectivity index (χ2n) is 7.49. The second-order valence-corrected chi connectivity index (χ2v) is 7.49. The van der Waals surface area contributed by atoms with Crippen LogP contribution in [0.1, 0.15) is 42.2 Å². The molecule has 32 heavy (non-hydrogen) atoms. The summed E-state index contributed by atoms with van der Waals surface area (Å²) in [5.74, 6) is 0.843. The van der Waals surface area contributed by atoms with Crippen LogP contribution in [0.3, 0.4) is 0 Å². The van der Waals surface area contributed by atoms with Gasteiger partial charge in [-0.1, -0.05) is 30.3 Å². The van der Waals surface area contributed by atoms with Crippen molar-refractivity contribution >= 4 is 22.7 Å². The van der Waals surface area contributed by atoms with Gasteiger partial charge in [-0.25, -0.2) is 4.98 Å². The van der Waals surface area contributed by atoms with Crippen LogP contribution in [0.4, 0.5) is 0 Å². The van der Waals surface area contributed by atoms with Crippen LogP contribution in [0.15, 0.2) is 66.2 Å². The molecule has 6 nitrogen and oxygen atoms in total. The largest absolute Gasteiger partial charge is 0.488 e. The molecule has 1 aliphatic heterocycles. The quantitative estimate of drug-likeness (QED) is 0.282. The van der Waals surface area contributed by atoms with E-state index in [0.29, 0.717) is 55.1 Å². The average molecular weight is 431 g/mol. The summed E-state index contributed by atoms with van der Waals surface area (Å²) in [5, 5.41) is 1.08. The number of pyridine rings is 1. The highest BCUT2D eigenvalue weighted by atomic mass is 16.5. The molecule has 4 rings (SSSR count). The average Bonchev–Trinajstić information content (AvgIpc) is 2.82. The number of unbranched alkanes of at least 4 members (excludes halogenated alkanes) is 1. The Bertz CT molecular complexity index is 1170. The Morgan fingerprint density at radius 2 is 2.03 bits per heavy atom. The number of hydrogen-bond donors (Lipinski definition) is 0. The number of aromatic nitrogens is 1. The van der Waals surface area contributed by atoms with E-state index in [1.165, 1.54) is 0 Å². The van der Waals surface area contributed by atoms with Crippen LogP contribution >= 0.6 is 0 Å². The van der Waals surface area contributed by atoms with Gasteiger partial charge in [0.2, 0.25) is 0 Å². The normalized spacial score (nSPS) is 14.2. The van der Waals surface area contributed by atoms with Gasteiger partial charge >= 0.3 is 5.97 Å². The fraction of sp³-hybridized carbons (Fsp3) is 0.269. The van der Waals surface area contributed by atoms with E-state index in [4.69, 9.17) is 14.2 Å². The number of carbonyl (C=O) groups excluding carboxylic acids is 2. The van der Waals surface area contributed by atoms with Crippen molar-refractivity contribution in [3.8, 4) is 11.5 Å². The number of hydrogen-bond acceptors (Lipinski definition) is 6. The van der Waals surface area contributed by atoms with Crippen molar-refractivity contribution in [2.45, 2.75) is 32.8 Å². The molecule has 2 aromatic carbocycles. The SMILES string of the molecule is CCOC(=O)CCCC=C1COc2ccc(OCc3ccc4ccccc4n3)cc2C1=O. The maximum absolute atomic E-state index is 12.9. The summed E-state index contributed by atoms with van der Waals surface area (Å²) in [5.41, 5.74) is 2.80. The molecule has 3 aromatic rings. The molecule has 164 valence electrons. The molecule has 0 atom stereocenters. The summed E-state index contributed by atoms with van der Waals surface area (Å²) in [4.78, 5) is 29.0. The third-order valence-electron chi connectivity index (χ3n) is 5.19. The molecule has 6 heteroatoms. The van der Waals surface area contributed by atoms with E-state index in [9.17, 15) is 9.59 Å². The second kappa shape index (κ2) is 10.1. The minimum Gasteiger partial charge on any atom is -0.488 e. The summed E-state index contributed by atoms with van der Waals surface area (Å²) in [7, 11) is 0. The fourth-order valence-corrected chi connectivity index (χ4v) is 3.55. The Kier molecular flexibility index (Phi) is 6.80. The summed E-state index contributed by atoms with van der Waals surface area (Å²) in [6.45, 7) is 2.69. The van der Waals surface area contributed by atoms with Gasteiger partial charge in [-0.05, 0) is 50.1 Å². The molecule has 0 unspecified atom stereocenters. The number of esters is 1. The third kappa shape index (κ3) is 5.14. The third-order valence-corrected chi connectivity index (χ3v) is 5.19. The van der Waals surface area contributed by atoms with E-state index < -0.39 is 0 Å². The molecule has 0 saturated heterocycles. The van der Waals surface area contributed by atoms with Crippen LogP contribution in [0, 0.1) is 0 Å². The molecule has 0 spiro atoms. The highest BCUT2D eigenvalue weighted by Gasteiger charge is 2.23. The lowest BCUT2D eigenvalue weighted by Crippen LogP contribution is -2.19. The lowest BCUT2D eigenvalue weighted by atomic mass is 9.98. The van der Waals surface area contributed by atoms with Gasteiger partial charge in [-0.15, -0.1) is 0 Å². The Morgan fingerprint density at radius 3 is 2.91 bits per heavy atom. The standard InChI is InChI=1S/C26H25NO5/c1-2-30-25(28)10-6-4-8-19-16-32-24-14-13-21(15-22(24)26(19)29)31-17-20-12-11-18-7-3-5-9-23(18)27-20/h3,5,7-9,11-15H,2,4,6,10,16-17H2,1H3. The Balaban J connectivity index is 1.39. The zero-order valence-electron chi connectivity index (χ0n) is 18.0. The van der Waals surface area contributed by atoms with Crippen molar-refractivity contribution in [2.75, 3.05) is 13.2 Å². The maximum atomic E-state index is 12.9. The first kappa shape index (κ1) is 21.6. The molecule has 0 N–H and O–H groups in total. The Hall–Kier alpha value is -3.67. The van der Waals surface area contributed by atoms with E-state index in [2.05, 4.69) is 4.98 Å². The smallest absolute Gasteiger partial charge is 0.305 e. The van der Waals surface area contributed by atoms with Crippen molar-refractivity contribution in [1.29, 1.82) is 0 Å². The summed E-state index contributed by atoms with van der Waals surface area (Å²) < 4.78 is 16.6. The number of carbonyl (C=O) groups is 2. The summed E-state index contributed by atoms with van der Waals surface area (Å²) in [6.07, 6.45) is 3.42. The minimum absolute atomic E-state index is 0.0725. The van der Waals surface area contributed by atoms with Crippen molar-refractivity contribution < 1.29 is 23.8 Å². The molecular weight excluding hydrogens is 406 g/mol. The zero-order valence-corrected chi connectivity index (χ0v) is 18.0. The highest BCUT2D eigenvalue weighted by Crippen LogP contribution is 2.31. The van der Waals surface area contributed by atoms with Crippen molar-refractivity contribution in [1.82, 2.24) is 4.98 Å². The molecule has 0 amide bonds. The fourth-order valence-electron chi connectivity index (χ4n) is 3.55. The van der Waals surface area contributed by atoms with Gasteiger partial charge in [0.1, 0.15) is 24.7 Å². The number of rotatable bonds is 8. The van der Waals surface area contributed by atoms with E-state index in [1.807, 2.05) is 42.5 Å².